The van der Waals surface area contributed by atoms with Crippen molar-refractivity contribution in [3.8, 4) is 0 Å². The minimum atomic E-state index is -1.21. The van der Waals surface area contributed by atoms with Crippen molar-refractivity contribution in [3.63, 3.8) is 0 Å². The number of nitrogens with zero attached hydrogens (tertiary/aromatic N) is 1. The van der Waals surface area contributed by atoms with Crippen LogP contribution in [-0.4, -0.2) is 71.9 Å². The van der Waals surface area contributed by atoms with Gasteiger partial charge in [-0.15, -0.1) is 0 Å². The predicted molar refractivity (Wildman–Crippen MR) is 120 cm³/mol. The van der Waals surface area contributed by atoms with E-state index in [0.29, 0.717) is 6.42 Å². The van der Waals surface area contributed by atoms with Gasteiger partial charge in [0.25, 0.3) is 0 Å². The second-order valence-corrected chi connectivity index (χ2v) is 7.87. The van der Waals surface area contributed by atoms with E-state index in [4.69, 9.17) is 22.9 Å². The van der Waals surface area contributed by atoms with Crippen molar-refractivity contribution >= 4 is 35.6 Å². The summed E-state index contributed by atoms with van der Waals surface area (Å²) >= 11 is 0. The number of nitrogens with two attached hydrogens (primary N) is 4. The van der Waals surface area contributed by atoms with Gasteiger partial charge in [-0.1, -0.05) is 13.8 Å². The Hall–Kier alpha value is -3.42. The molecule has 0 aliphatic heterocycles. The number of aliphatic imine (C=N–C) groups is 1. The first-order valence-electron chi connectivity index (χ1n) is 10.5. The molecule has 0 bridgehead atoms. The fourth-order valence-electron chi connectivity index (χ4n) is 2.82. The smallest absolute Gasteiger partial charge is 0.326 e. The van der Waals surface area contributed by atoms with Crippen LogP contribution in [0.4, 0.5) is 0 Å². The highest BCUT2D eigenvalue weighted by atomic mass is 16.4. The first kappa shape index (κ1) is 29.6. The highest BCUT2D eigenvalue weighted by Crippen LogP contribution is 2.08. The second-order valence-electron chi connectivity index (χ2n) is 7.87. The molecule has 12 N–H and O–H groups in total. The van der Waals surface area contributed by atoms with Crippen molar-refractivity contribution in [2.45, 2.75) is 64.1 Å². The topological polar surface area (TPSA) is 258 Å². The van der Waals surface area contributed by atoms with E-state index in [0.717, 1.165) is 0 Å². The summed E-state index contributed by atoms with van der Waals surface area (Å²) in [4.78, 5) is 63.7. The van der Waals surface area contributed by atoms with Gasteiger partial charge in [0.1, 0.15) is 18.1 Å². The summed E-state index contributed by atoms with van der Waals surface area (Å²) in [6.07, 6.45) is 0.249. The van der Waals surface area contributed by atoms with E-state index >= 15 is 0 Å². The molecule has 0 saturated carbocycles. The van der Waals surface area contributed by atoms with Crippen LogP contribution < -0.4 is 38.9 Å². The summed E-state index contributed by atoms with van der Waals surface area (Å²) in [5.74, 6) is -4.16. The summed E-state index contributed by atoms with van der Waals surface area (Å²) in [6, 6.07) is -3.48. The molecule has 0 aromatic heterocycles. The highest BCUT2D eigenvalue weighted by Gasteiger charge is 2.29. The van der Waals surface area contributed by atoms with Crippen molar-refractivity contribution in [1.82, 2.24) is 16.0 Å². The van der Waals surface area contributed by atoms with E-state index in [-0.39, 0.29) is 44.1 Å². The monoisotopic (exact) mass is 472 g/mol. The highest BCUT2D eigenvalue weighted by molar-refractivity contribution is 5.93. The maximum absolute atomic E-state index is 12.8. The molecule has 4 amide bonds. The standard InChI is InChI=1S/C19H36N8O6/c1-10(2)8-13(18(32)33)27-16(30)11(4-3-7-24-19(22)23)26-17(31)12(5-6-14(21)28)25-15(29)9-20/h10-13H,3-9,20H2,1-2H3,(H2,21,28)(H,25,29)(H,26,31)(H,27,30)(H,32,33)(H4,22,23,24). The molecule has 0 aliphatic carbocycles. The van der Waals surface area contributed by atoms with Crippen LogP contribution in [0.15, 0.2) is 4.99 Å². The van der Waals surface area contributed by atoms with Crippen LogP contribution in [0.2, 0.25) is 0 Å². The number of amides is 4. The lowest BCUT2D eigenvalue weighted by atomic mass is 10.0. The molecule has 3 atom stereocenters. The van der Waals surface area contributed by atoms with E-state index in [1.54, 1.807) is 13.8 Å². The van der Waals surface area contributed by atoms with Gasteiger partial charge < -0.3 is 44.0 Å². The second kappa shape index (κ2) is 15.4. The van der Waals surface area contributed by atoms with Crippen LogP contribution in [0, 0.1) is 5.92 Å². The zero-order valence-electron chi connectivity index (χ0n) is 19.0. The molecule has 33 heavy (non-hydrogen) atoms. The van der Waals surface area contributed by atoms with Crippen LogP contribution in [0.25, 0.3) is 0 Å². The van der Waals surface area contributed by atoms with Gasteiger partial charge in [0.15, 0.2) is 5.96 Å². The first-order valence-corrected chi connectivity index (χ1v) is 10.5. The summed E-state index contributed by atoms with van der Waals surface area (Å²) in [5.41, 5.74) is 20.9. The van der Waals surface area contributed by atoms with E-state index in [1.807, 2.05) is 0 Å². The number of aliphatic carboxylic acids is 1. The molecule has 188 valence electrons. The fraction of sp³-hybridized carbons (Fsp3) is 0.684. The Morgan fingerprint density at radius 1 is 0.879 bits per heavy atom. The first-order chi connectivity index (χ1) is 15.4. The van der Waals surface area contributed by atoms with Crippen molar-refractivity contribution in [1.29, 1.82) is 0 Å². The van der Waals surface area contributed by atoms with Crippen LogP contribution in [-0.2, 0) is 24.0 Å². The number of guanidine groups is 1. The summed E-state index contributed by atoms with van der Waals surface area (Å²) < 4.78 is 0. The van der Waals surface area contributed by atoms with Gasteiger partial charge in [-0.3, -0.25) is 24.2 Å². The fourth-order valence-corrected chi connectivity index (χ4v) is 2.82. The van der Waals surface area contributed by atoms with Crippen molar-refractivity contribution in [2.75, 3.05) is 13.1 Å². The van der Waals surface area contributed by atoms with Crippen molar-refractivity contribution < 1.29 is 29.1 Å². The summed E-state index contributed by atoms with van der Waals surface area (Å²) in [6.45, 7) is 3.39. The van der Waals surface area contributed by atoms with Crippen molar-refractivity contribution in [3.05, 3.63) is 0 Å². The Morgan fingerprint density at radius 2 is 1.42 bits per heavy atom. The average Bonchev–Trinajstić information content (AvgIpc) is 2.71. The van der Waals surface area contributed by atoms with Gasteiger partial charge in [-0.05, 0) is 31.6 Å². The molecular weight excluding hydrogens is 436 g/mol. The maximum atomic E-state index is 12.8. The lowest BCUT2D eigenvalue weighted by Gasteiger charge is -2.25. The number of carboxylic acids is 1. The number of primary amides is 1. The maximum Gasteiger partial charge on any atom is 0.326 e. The third kappa shape index (κ3) is 13.6. The molecule has 14 heteroatoms. The minimum absolute atomic E-state index is 0.00837. The van der Waals surface area contributed by atoms with Gasteiger partial charge in [0.05, 0.1) is 6.54 Å². The largest absolute Gasteiger partial charge is 0.480 e. The number of rotatable bonds is 16. The van der Waals surface area contributed by atoms with Gasteiger partial charge >= 0.3 is 5.97 Å². The van der Waals surface area contributed by atoms with E-state index in [9.17, 15) is 29.1 Å². The Bertz CT molecular complexity index is 723. The molecule has 0 rings (SSSR count). The molecule has 0 heterocycles. The van der Waals surface area contributed by atoms with Gasteiger partial charge in [0, 0.05) is 13.0 Å². The molecule has 0 fully saturated rings. The quantitative estimate of drug-likeness (QED) is 0.0639. The zero-order valence-corrected chi connectivity index (χ0v) is 19.0. The molecule has 0 saturated heterocycles. The number of carbonyl (C=O) groups excluding carboxylic acids is 4. The normalized spacial score (nSPS) is 13.3. The van der Waals surface area contributed by atoms with E-state index < -0.39 is 54.3 Å². The number of hydrogen-bond acceptors (Lipinski definition) is 7. The van der Waals surface area contributed by atoms with Gasteiger partial charge in [0.2, 0.25) is 23.6 Å². The Kier molecular flexibility index (Phi) is 13.8. The molecule has 0 spiro atoms. The number of carboxylic acid groups (broad SMARTS) is 1. The minimum Gasteiger partial charge on any atom is -0.480 e. The molecule has 0 aromatic rings. The van der Waals surface area contributed by atoms with Crippen LogP contribution in [0.5, 0.6) is 0 Å². The van der Waals surface area contributed by atoms with Crippen LogP contribution in [0.3, 0.4) is 0 Å². The Balaban J connectivity index is 5.52. The molecule has 14 nitrogen and oxygen atoms in total. The van der Waals surface area contributed by atoms with Gasteiger partial charge in [-0.25, -0.2) is 4.79 Å². The number of nitrogens with one attached hydrogen (secondary N) is 3. The van der Waals surface area contributed by atoms with Crippen LogP contribution in [0.1, 0.15) is 46.0 Å². The molecule has 0 radical (unpaired) electrons. The van der Waals surface area contributed by atoms with Gasteiger partial charge in [-0.2, -0.15) is 0 Å². The molecule has 3 unspecified atom stereocenters. The summed E-state index contributed by atoms with van der Waals surface area (Å²) in [7, 11) is 0. The summed E-state index contributed by atoms with van der Waals surface area (Å²) in [5, 5.41) is 16.7. The molecule has 0 aliphatic rings. The number of carbonyl (C=O) groups is 5. The lowest BCUT2D eigenvalue weighted by molar-refractivity contribution is -0.142. The van der Waals surface area contributed by atoms with Crippen molar-refractivity contribution in [2.24, 2.45) is 33.8 Å². The predicted octanol–water partition coefficient (Wildman–Crippen LogP) is -3.15. The van der Waals surface area contributed by atoms with E-state index in [1.165, 1.54) is 0 Å². The third-order valence-corrected chi connectivity index (χ3v) is 4.42. The van der Waals surface area contributed by atoms with E-state index in [2.05, 4.69) is 20.9 Å². The Labute approximate surface area is 192 Å². The molecule has 0 aromatic carbocycles. The number of hydrogen-bond donors (Lipinski definition) is 8. The lowest BCUT2D eigenvalue weighted by Crippen LogP contribution is -2.56. The van der Waals surface area contributed by atoms with Crippen LogP contribution >= 0.6 is 0 Å². The third-order valence-electron chi connectivity index (χ3n) is 4.42. The molecular formula is C19H36N8O6. The SMILES string of the molecule is CC(C)CC(NC(=O)C(CCCN=C(N)N)NC(=O)C(CCC(N)=O)NC(=O)CN)C(=O)O. The zero-order chi connectivity index (χ0) is 25.6. The Morgan fingerprint density at radius 3 is 1.88 bits per heavy atom. The average molecular weight is 473 g/mol.